The van der Waals surface area contributed by atoms with Gasteiger partial charge >= 0.3 is 0 Å². The van der Waals surface area contributed by atoms with Crippen molar-refractivity contribution in [2.75, 3.05) is 20.1 Å². The van der Waals surface area contributed by atoms with Crippen LogP contribution in [-0.2, 0) is 4.79 Å². The maximum Gasteiger partial charge on any atom is 0.222 e. The van der Waals surface area contributed by atoms with Gasteiger partial charge in [0, 0.05) is 26.1 Å². The molecule has 1 aliphatic heterocycles. The van der Waals surface area contributed by atoms with Crippen LogP contribution in [0.15, 0.2) is 0 Å². The summed E-state index contributed by atoms with van der Waals surface area (Å²) in [5.74, 6) is 1.08. The fraction of sp³-hybridized carbons (Fsp3) is 0.917. The van der Waals surface area contributed by atoms with E-state index in [-0.39, 0.29) is 5.91 Å². The molecule has 1 rings (SSSR count). The maximum absolute atomic E-state index is 11.3. The molecule has 1 unspecified atom stereocenters. The van der Waals surface area contributed by atoms with Crippen molar-refractivity contribution >= 4 is 5.91 Å². The van der Waals surface area contributed by atoms with E-state index in [0.717, 1.165) is 25.4 Å². The van der Waals surface area contributed by atoms with Crippen LogP contribution in [0.5, 0.6) is 0 Å². The Morgan fingerprint density at radius 3 is 2.87 bits per heavy atom. The normalized spacial score (nSPS) is 22.5. The Bertz CT molecular complexity index is 204. The summed E-state index contributed by atoms with van der Waals surface area (Å²) in [6.45, 7) is 6.48. The lowest BCUT2D eigenvalue weighted by Gasteiger charge is -2.30. The highest BCUT2D eigenvalue weighted by Crippen LogP contribution is 2.10. The summed E-state index contributed by atoms with van der Waals surface area (Å²) in [5.41, 5.74) is 0. The topological polar surface area (TPSA) is 32.3 Å². The van der Waals surface area contributed by atoms with Crippen LogP contribution in [0, 0.1) is 5.92 Å². The zero-order valence-electron chi connectivity index (χ0n) is 10.3. The Hall–Kier alpha value is -0.570. The van der Waals surface area contributed by atoms with Gasteiger partial charge in [0.1, 0.15) is 0 Å². The SMILES string of the molecule is CC(C)CCCNC1CCC(=O)N(C)C1. The molecular formula is C12H24N2O. The third kappa shape index (κ3) is 4.65. The number of hydrogen-bond donors (Lipinski definition) is 1. The van der Waals surface area contributed by atoms with Crippen molar-refractivity contribution in [2.24, 2.45) is 5.92 Å². The average Bonchev–Trinajstić information content (AvgIpc) is 2.18. The molecule has 1 aliphatic rings. The fourth-order valence-corrected chi connectivity index (χ4v) is 2.00. The highest BCUT2D eigenvalue weighted by atomic mass is 16.2. The summed E-state index contributed by atoms with van der Waals surface area (Å²) in [4.78, 5) is 13.1. The Morgan fingerprint density at radius 2 is 2.27 bits per heavy atom. The number of hydrogen-bond acceptors (Lipinski definition) is 2. The summed E-state index contributed by atoms with van der Waals surface area (Å²) >= 11 is 0. The van der Waals surface area contributed by atoms with Crippen LogP contribution in [0.4, 0.5) is 0 Å². The molecule has 1 atom stereocenters. The number of piperidine rings is 1. The minimum absolute atomic E-state index is 0.287. The zero-order valence-corrected chi connectivity index (χ0v) is 10.3. The van der Waals surface area contributed by atoms with Gasteiger partial charge < -0.3 is 10.2 Å². The Morgan fingerprint density at radius 1 is 1.53 bits per heavy atom. The van der Waals surface area contributed by atoms with Crippen LogP contribution >= 0.6 is 0 Å². The molecule has 0 aromatic heterocycles. The number of nitrogens with one attached hydrogen (secondary N) is 1. The third-order valence-electron chi connectivity index (χ3n) is 3.02. The second-order valence-corrected chi connectivity index (χ2v) is 5.00. The van der Waals surface area contributed by atoms with Crippen molar-refractivity contribution in [1.29, 1.82) is 0 Å². The second kappa shape index (κ2) is 6.11. The minimum Gasteiger partial charge on any atom is -0.344 e. The molecule has 0 aliphatic carbocycles. The van der Waals surface area contributed by atoms with E-state index >= 15 is 0 Å². The van der Waals surface area contributed by atoms with E-state index in [2.05, 4.69) is 19.2 Å². The van der Waals surface area contributed by atoms with E-state index in [1.807, 2.05) is 11.9 Å². The second-order valence-electron chi connectivity index (χ2n) is 5.00. The van der Waals surface area contributed by atoms with E-state index < -0.39 is 0 Å². The molecule has 3 nitrogen and oxygen atoms in total. The van der Waals surface area contributed by atoms with Crippen molar-refractivity contribution in [3.05, 3.63) is 0 Å². The van der Waals surface area contributed by atoms with E-state index in [0.29, 0.717) is 12.5 Å². The van der Waals surface area contributed by atoms with Crippen LogP contribution in [-0.4, -0.2) is 37.0 Å². The molecule has 1 fully saturated rings. The van der Waals surface area contributed by atoms with Crippen molar-refractivity contribution in [1.82, 2.24) is 10.2 Å². The van der Waals surface area contributed by atoms with Gasteiger partial charge in [-0.15, -0.1) is 0 Å². The summed E-state index contributed by atoms with van der Waals surface area (Å²) in [6.07, 6.45) is 4.24. The third-order valence-corrected chi connectivity index (χ3v) is 3.02. The molecule has 0 radical (unpaired) electrons. The number of amides is 1. The lowest BCUT2D eigenvalue weighted by molar-refractivity contribution is -0.132. The summed E-state index contributed by atoms with van der Waals surface area (Å²) in [6, 6.07) is 0.514. The monoisotopic (exact) mass is 212 g/mol. The molecule has 0 bridgehead atoms. The summed E-state index contributed by atoms with van der Waals surface area (Å²) in [5, 5.41) is 3.53. The molecule has 88 valence electrons. The van der Waals surface area contributed by atoms with Gasteiger partial charge in [-0.25, -0.2) is 0 Å². The average molecular weight is 212 g/mol. The standard InChI is InChI=1S/C12H24N2O/c1-10(2)5-4-8-13-11-6-7-12(15)14(3)9-11/h10-11,13H,4-9H2,1-3H3. The van der Waals surface area contributed by atoms with Gasteiger partial charge in [0.25, 0.3) is 0 Å². The molecule has 1 heterocycles. The molecule has 15 heavy (non-hydrogen) atoms. The van der Waals surface area contributed by atoms with Gasteiger partial charge in [-0.2, -0.15) is 0 Å². The molecule has 1 N–H and O–H groups in total. The number of carbonyl (C=O) groups excluding carboxylic acids is 1. The van der Waals surface area contributed by atoms with Crippen LogP contribution in [0.2, 0.25) is 0 Å². The lowest BCUT2D eigenvalue weighted by Crippen LogP contribution is -2.46. The van der Waals surface area contributed by atoms with Crippen LogP contribution in [0.3, 0.4) is 0 Å². The minimum atomic E-state index is 0.287. The van der Waals surface area contributed by atoms with Gasteiger partial charge in [0.15, 0.2) is 0 Å². The van der Waals surface area contributed by atoms with Crippen LogP contribution < -0.4 is 5.32 Å². The number of likely N-dealkylation sites (tertiary alicyclic amines) is 1. The van der Waals surface area contributed by atoms with Crippen molar-refractivity contribution in [3.63, 3.8) is 0 Å². The number of carbonyl (C=O) groups is 1. The van der Waals surface area contributed by atoms with Crippen molar-refractivity contribution < 1.29 is 4.79 Å². The highest BCUT2D eigenvalue weighted by molar-refractivity contribution is 5.76. The summed E-state index contributed by atoms with van der Waals surface area (Å²) < 4.78 is 0. The lowest BCUT2D eigenvalue weighted by atomic mass is 10.0. The molecular weight excluding hydrogens is 188 g/mol. The van der Waals surface area contributed by atoms with Gasteiger partial charge in [-0.3, -0.25) is 4.79 Å². The first-order valence-corrected chi connectivity index (χ1v) is 6.07. The predicted molar refractivity (Wildman–Crippen MR) is 62.7 cm³/mol. The Balaban J connectivity index is 2.09. The first kappa shape index (κ1) is 12.5. The predicted octanol–water partition coefficient (Wildman–Crippen LogP) is 1.63. The van der Waals surface area contributed by atoms with Crippen LogP contribution in [0.25, 0.3) is 0 Å². The van der Waals surface area contributed by atoms with Gasteiger partial charge in [0.05, 0.1) is 0 Å². The molecule has 1 saturated heterocycles. The zero-order chi connectivity index (χ0) is 11.3. The molecule has 3 heteroatoms. The van der Waals surface area contributed by atoms with Gasteiger partial charge in [0.2, 0.25) is 5.91 Å². The Labute approximate surface area is 93.2 Å². The first-order chi connectivity index (χ1) is 7.09. The van der Waals surface area contributed by atoms with Gasteiger partial charge in [-0.05, 0) is 31.7 Å². The molecule has 0 aromatic rings. The quantitative estimate of drug-likeness (QED) is 0.703. The van der Waals surface area contributed by atoms with E-state index in [1.165, 1.54) is 12.8 Å². The fourth-order valence-electron chi connectivity index (χ4n) is 2.00. The molecule has 0 saturated carbocycles. The summed E-state index contributed by atoms with van der Waals surface area (Å²) in [7, 11) is 1.89. The first-order valence-electron chi connectivity index (χ1n) is 6.07. The highest BCUT2D eigenvalue weighted by Gasteiger charge is 2.21. The maximum atomic E-state index is 11.3. The van der Waals surface area contributed by atoms with Crippen molar-refractivity contribution in [2.45, 2.75) is 45.6 Å². The Kier molecular flexibility index (Phi) is 5.09. The van der Waals surface area contributed by atoms with Gasteiger partial charge in [-0.1, -0.05) is 13.8 Å². The van der Waals surface area contributed by atoms with Crippen molar-refractivity contribution in [3.8, 4) is 0 Å². The molecule has 1 amide bonds. The number of likely N-dealkylation sites (N-methyl/N-ethyl adjacent to an activating group) is 1. The largest absolute Gasteiger partial charge is 0.344 e. The number of nitrogens with zero attached hydrogens (tertiary/aromatic N) is 1. The smallest absolute Gasteiger partial charge is 0.222 e. The molecule has 0 aromatic carbocycles. The molecule has 0 spiro atoms. The van der Waals surface area contributed by atoms with E-state index in [9.17, 15) is 4.79 Å². The van der Waals surface area contributed by atoms with E-state index in [4.69, 9.17) is 0 Å². The van der Waals surface area contributed by atoms with E-state index in [1.54, 1.807) is 0 Å². The number of rotatable bonds is 5. The van der Waals surface area contributed by atoms with Crippen LogP contribution in [0.1, 0.15) is 39.5 Å².